The van der Waals surface area contributed by atoms with E-state index in [0.29, 0.717) is 5.56 Å². The first-order valence-electron chi connectivity index (χ1n) is 10.2. The van der Waals surface area contributed by atoms with Gasteiger partial charge in [-0.2, -0.15) is 0 Å². The van der Waals surface area contributed by atoms with Gasteiger partial charge in [-0.3, -0.25) is 9.59 Å². The summed E-state index contributed by atoms with van der Waals surface area (Å²) in [6.45, 7) is 5.80. The molecule has 0 saturated heterocycles. The van der Waals surface area contributed by atoms with Crippen LogP contribution in [0.15, 0.2) is 84.9 Å². The maximum atomic E-state index is 14.5. The molecule has 4 nitrogen and oxygen atoms in total. The lowest BCUT2D eigenvalue weighted by molar-refractivity contribution is -0.127. The maximum Gasteiger partial charge on any atom is 0.258 e. The Hall–Kier alpha value is -3.47. The minimum Gasteiger partial charge on any atom is -0.349 e. The Morgan fingerprint density at radius 3 is 2.00 bits per heavy atom. The summed E-state index contributed by atoms with van der Waals surface area (Å²) in [5.41, 5.74) is 0.938. The molecule has 3 aromatic rings. The maximum absolute atomic E-state index is 14.5. The van der Waals surface area contributed by atoms with Crippen molar-refractivity contribution < 1.29 is 14.0 Å². The Kier molecular flexibility index (Phi) is 6.85. The van der Waals surface area contributed by atoms with Gasteiger partial charge < -0.3 is 10.2 Å². The van der Waals surface area contributed by atoms with E-state index in [4.69, 9.17) is 0 Å². The molecular formula is C26H27FN2O2. The van der Waals surface area contributed by atoms with Gasteiger partial charge >= 0.3 is 0 Å². The van der Waals surface area contributed by atoms with Gasteiger partial charge in [0.05, 0.1) is 5.56 Å². The highest BCUT2D eigenvalue weighted by Crippen LogP contribution is 2.27. The first kappa shape index (κ1) is 22.2. The van der Waals surface area contributed by atoms with Crippen molar-refractivity contribution in [2.24, 2.45) is 0 Å². The second kappa shape index (κ2) is 9.56. The van der Waals surface area contributed by atoms with E-state index in [1.807, 2.05) is 69.3 Å². The first-order chi connectivity index (χ1) is 14.8. The molecule has 31 heavy (non-hydrogen) atoms. The van der Waals surface area contributed by atoms with Crippen molar-refractivity contribution in [2.75, 3.05) is 0 Å². The predicted molar refractivity (Wildman–Crippen MR) is 120 cm³/mol. The van der Waals surface area contributed by atoms with Crippen molar-refractivity contribution >= 4 is 11.8 Å². The summed E-state index contributed by atoms with van der Waals surface area (Å²) in [5, 5.41) is 2.98. The molecule has 0 fully saturated rings. The summed E-state index contributed by atoms with van der Waals surface area (Å²) in [6.07, 6.45) is 0. The monoisotopic (exact) mass is 418 g/mol. The van der Waals surface area contributed by atoms with Crippen LogP contribution in [0.5, 0.6) is 0 Å². The van der Waals surface area contributed by atoms with Crippen LogP contribution >= 0.6 is 0 Å². The van der Waals surface area contributed by atoms with Gasteiger partial charge in [-0.05, 0) is 44.0 Å². The van der Waals surface area contributed by atoms with Crippen LogP contribution in [0.2, 0.25) is 0 Å². The number of carbonyl (C=O) groups excluding carboxylic acids is 2. The lowest BCUT2D eigenvalue weighted by atomic mass is 9.99. The zero-order valence-corrected chi connectivity index (χ0v) is 18.0. The number of halogens is 1. The molecule has 3 aromatic carbocycles. The molecule has 5 heteroatoms. The van der Waals surface area contributed by atoms with Gasteiger partial charge in [0.25, 0.3) is 5.91 Å². The van der Waals surface area contributed by atoms with Crippen LogP contribution in [0.3, 0.4) is 0 Å². The molecule has 0 aliphatic rings. The lowest BCUT2D eigenvalue weighted by Gasteiger charge is -2.34. The van der Waals surface area contributed by atoms with E-state index in [9.17, 15) is 14.0 Å². The Bertz CT molecular complexity index is 1030. The van der Waals surface area contributed by atoms with Gasteiger partial charge in [-0.1, -0.05) is 72.8 Å². The number of nitrogens with zero attached hydrogens (tertiary/aromatic N) is 1. The molecule has 0 aromatic heterocycles. The third kappa shape index (κ3) is 5.79. The van der Waals surface area contributed by atoms with Gasteiger partial charge in [0.1, 0.15) is 11.9 Å². The van der Waals surface area contributed by atoms with Crippen LogP contribution in [-0.4, -0.2) is 22.3 Å². The molecular weight excluding hydrogens is 391 g/mol. The Morgan fingerprint density at radius 2 is 1.42 bits per heavy atom. The highest BCUT2D eigenvalue weighted by molar-refractivity contribution is 5.98. The lowest BCUT2D eigenvalue weighted by Crippen LogP contribution is -2.49. The summed E-state index contributed by atoms with van der Waals surface area (Å²) in [7, 11) is 0. The summed E-state index contributed by atoms with van der Waals surface area (Å²) < 4.78 is 14.5. The van der Waals surface area contributed by atoms with Crippen LogP contribution in [-0.2, 0) is 11.3 Å². The summed E-state index contributed by atoms with van der Waals surface area (Å²) in [4.78, 5) is 28.4. The molecule has 160 valence electrons. The second-order valence-corrected chi connectivity index (χ2v) is 8.45. The Morgan fingerprint density at radius 1 is 0.871 bits per heavy atom. The van der Waals surface area contributed by atoms with Crippen LogP contribution in [0.4, 0.5) is 4.39 Å². The molecule has 0 aliphatic heterocycles. The molecule has 0 heterocycles. The second-order valence-electron chi connectivity index (χ2n) is 8.45. The minimum atomic E-state index is -0.923. The number of carbonyl (C=O) groups is 2. The number of amides is 2. The van der Waals surface area contributed by atoms with E-state index in [2.05, 4.69) is 5.32 Å². The predicted octanol–water partition coefficient (Wildman–Crippen LogP) is 5.12. The van der Waals surface area contributed by atoms with Gasteiger partial charge in [-0.15, -0.1) is 0 Å². The van der Waals surface area contributed by atoms with Gasteiger partial charge in [-0.25, -0.2) is 4.39 Å². The van der Waals surface area contributed by atoms with Gasteiger partial charge in [0, 0.05) is 12.1 Å². The van der Waals surface area contributed by atoms with Crippen molar-refractivity contribution in [3.63, 3.8) is 0 Å². The average molecular weight is 419 g/mol. The van der Waals surface area contributed by atoms with Crippen molar-refractivity contribution in [3.8, 4) is 0 Å². The fourth-order valence-electron chi connectivity index (χ4n) is 3.40. The highest BCUT2D eigenvalue weighted by Gasteiger charge is 2.34. The van der Waals surface area contributed by atoms with Gasteiger partial charge in [0.15, 0.2) is 0 Å². The Labute approximate surface area is 182 Å². The topological polar surface area (TPSA) is 49.4 Å². The summed E-state index contributed by atoms with van der Waals surface area (Å²) in [5.74, 6) is -1.48. The molecule has 0 spiro atoms. The quantitative estimate of drug-likeness (QED) is 0.604. The number of benzene rings is 3. The van der Waals surface area contributed by atoms with Crippen LogP contribution in [0.1, 0.15) is 48.3 Å². The van der Waals surface area contributed by atoms with Gasteiger partial charge in [0.2, 0.25) is 5.91 Å². The fraction of sp³-hybridized carbons (Fsp3) is 0.231. The number of hydrogen-bond acceptors (Lipinski definition) is 2. The standard InChI is InChI=1S/C26H27FN2O2/c1-26(2,3)28-24(30)23(20-14-8-5-9-15-20)29(18-19-12-6-4-7-13-19)25(31)21-16-10-11-17-22(21)27/h4-17,23H,18H2,1-3H3,(H,28,30). The first-order valence-corrected chi connectivity index (χ1v) is 10.2. The molecule has 0 aliphatic carbocycles. The van der Waals surface area contributed by atoms with E-state index in [1.165, 1.54) is 23.1 Å². The third-order valence-electron chi connectivity index (χ3n) is 4.73. The molecule has 0 radical (unpaired) electrons. The molecule has 1 atom stereocenters. The summed E-state index contributed by atoms with van der Waals surface area (Å²) >= 11 is 0. The molecule has 2 amide bonds. The van der Waals surface area contributed by atoms with Crippen molar-refractivity contribution in [2.45, 2.75) is 38.9 Å². The number of rotatable bonds is 6. The third-order valence-corrected chi connectivity index (χ3v) is 4.73. The van der Waals surface area contributed by atoms with E-state index < -0.39 is 23.3 Å². The van der Waals surface area contributed by atoms with Crippen molar-refractivity contribution in [1.29, 1.82) is 0 Å². The van der Waals surface area contributed by atoms with Crippen molar-refractivity contribution in [1.82, 2.24) is 10.2 Å². The zero-order chi connectivity index (χ0) is 22.4. The van der Waals surface area contributed by atoms with E-state index in [1.54, 1.807) is 18.2 Å². The minimum absolute atomic E-state index is 0.0667. The largest absolute Gasteiger partial charge is 0.349 e. The van der Waals surface area contributed by atoms with E-state index in [-0.39, 0.29) is 18.0 Å². The van der Waals surface area contributed by atoms with Crippen LogP contribution in [0.25, 0.3) is 0 Å². The fourth-order valence-corrected chi connectivity index (χ4v) is 3.40. The Balaban J connectivity index is 2.11. The average Bonchev–Trinajstić information content (AvgIpc) is 2.73. The molecule has 1 N–H and O–H groups in total. The highest BCUT2D eigenvalue weighted by atomic mass is 19.1. The zero-order valence-electron chi connectivity index (χ0n) is 18.0. The molecule has 1 unspecified atom stereocenters. The molecule has 3 rings (SSSR count). The van der Waals surface area contributed by atoms with E-state index in [0.717, 1.165) is 5.56 Å². The molecule has 0 saturated carbocycles. The summed E-state index contributed by atoms with van der Waals surface area (Å²) in [6, 6.07) is 23.4. The SMILES string of the molecule is CC(C)(C)NC(=O)C(c1ccccc1)N(Cc1ccccc1)C(=O)c1ccccc1F. The van der Waals surface area contributed by atoms with Crippen LogP contribution in [0, 0.1) is 5.82 Å². The normalized spacial score (nSPS) is 12.1. The molecule has 0 bridgehead atoms. The van der Waals surface area contributed by atoms with E-state index >= 15 is 0 Å². The van der Waals surface area contributed by atoms with Crippen molar-refractivity contribution in [3.05, 3.63) is 107 Å². The number of nitrogens with one attached hydrogen (secondary N) is 1. The van der Waals surface area contributed by atoms with Crippen LogP contribution < -0.4 is 5.32 Å². The smallest absolute Gasteiger partial charge is 0.258 e. The number of hydrogen-bond donors (Lipinski definition) is 1.